The molecule has 240 valence electrons. The number of urea groups is 1. The molecule has 12 nitrogen and oxygen atoms in total. The Morgan fingerprint density at radius 1 is 0.872 bits per heavy atom. The average Bonchev–Trinajstić information content (AvgIpc) is 3.53. The molecule has 0 saturated heterocycles. The van der Waals surface area contributed by atoms with E-state index in [4.69, 9.17) is 23.7 Å². The summed E-state index contributed by atoms with van der Waals surface area (Å²) < 4.78 is 49.8. The molecule has 0 fully saturated rings. The Morgan fingerprint density at radius 3 is 2.30 bits per heavy atom. The number of fused-ring (bicyclic) bond motifs is 1. The number of rotatable bonds is 9. The van der Waals surface area contributed by atoms with Crippen LogP contribution in [0.15, 0.2) is 116 Å². The van der Waals surface area contributed by atoms with E-state index in [1.165, 1.54) is 19.2 Å². The summed E-state index contributed by atoms with van der Waals surface area (Å²) >= 11 is 0. The molecule has 1 aliphatic heterocycles. The first-order chi connectivity index (χ1) is 22.7. The molecule has 0 radical (unpaired) electrons. The van der Waals surface area contributed by atoms with Crippen molar-refractivity contribution in [3.05, 3.63) is 119 Å². The van der Waals surface area contributed by atoms with Crippen LogP contribution in [0.4, 0.5) is 16.2 Å². The normalized spacial score (nSPS) is 14.4. The van der Waals surface area contributed by atoms with E-state index in [0.717, 1.165) is 10.9 Å². The van der Waals surface area contributed by atoms with Crippen molar-refractivity contribution in [2.24, 2.45) is 5.10 Å². The predicted octanol–water partition coefficient (Wildman–Crippen LogP) is 5.68. The summed E-state index contributed by atoms with van der Waals surface area (Å²) in [5, 5.41) is 9.79. The summed E-state index contributed by atoms with van der Waals surface area (Å²) in [7, 11) is 0.386. The number of nitrogens with zero attached hydrogens (tertiary/aromatic N) is 2. The molecule has 4 aromatic carbocycles. The van der Waals surface area contributed by atoms with E-state index >= 15 is 0 Å². The van der Waals surface area contributed by atoms with Gasteiger partial charge in [-0.2, -0.15) is 5.10 Å². The van der Waals surface area contributed by atoms with E-state index in [2.05, 4.69) is 5.32 Å². The zero-order valence-corrected chi connectivity index (χ0v) is 26.4. The van der Waals surface area contributed by atoms with Gasteiger partial charge < -0.3 is 23.9 Å². The van der Waals surface area contributed by atoms with Crippen molar-refractivity contribution in [3.8, 4) is 17.2 Å². The summed E-state index contributed by atoms with van der Waals surface area (Å²) in [5.41, 5.74) is 2.53. The fraction of sp³-hybridized carbons (Fsp3) is 0.147. The first kappa shape index (κ1) is 31.2. The molecular formula is C34H30N4O8S. The predicted molar refractivity (Wildman–Crippen MR) is 177 cm³/mol. The number of methoxy groups -OCH3 is 3. The lowest BCUT2D eigenvalue weighted by Gasteiger charge is -2.25. The summed E-state index contributed by atoms with van der Waals surface area (Å²) in [6, 6.07) is 25.5. The van der Waals surface area contributed by atoms with Crippen LogP contribution in [0.3, 0.4) is 0 Å². The van der Waals surface area contributed by atoms with Crippen molar-refractivity contribution < 1.29 is 31.8 Å². The third kappa shape index (κ3) is 6.47. The van der Waals surface area contributed by atoms with E-state index < -0.39 is 27.7 Å². The van der Waals surface area contributed by atoms with Gasteiger partial charge in [0, 0.05) is 17.5 Å². The molecule has 1 unspecified atom stereocenters. The lowest BCUT2D eigenvalue weighted by atomic mass is 9.98. The lowest BCUT2D eigenvalue weighted by molar-refractivity contribution is 0.256. The molecule has 1 aromatic heterocycles. The molecule has 6 rings (SSSR count). The zero-order chi connectivity index (χ0) is 33.1. The molecule has 47 heavy (non-hydrogen) atoms. The highest BCUT2D eigenvalue weighted by Gasteiger charge is 2.32. The molecule has 0 spiro atoms. The molecule has 5 aromatic rings. The van der Waals surface area contributed by atoms with Crippen LogP contribution >= 0.6 is 0 Å². The molecule has 0 aliphatic carbocycles. The Morgan fingerprint density at radius 2 is 1.60 bits per heavy atom. The first-order valence-electron chi connectivity index (χ1n) is 14.4. The van der Waals surface area contributed by atoms with Gasteiger partial charge in [-0.3, -0.25) is 5.01 Å². The van der Waals surface area contributed by atoms with Crippen molar-refractivity contribution >= 4 is 44.1 Å². The average molecular weight is 655 g/mol. The summed E-state index contributed by atoms with van der Waals surface area (Å²) in [6.07, 6.45) is 0.339. The molecule has 13 heteroatoms. The number of hydrazone groups is 1. The van der Waals surface area contributed by atoms with Crippen molar-refractivity contribution in [2.75, 3.05) is 31.7 Å². The van der Waals surface area contributed by atoms with Gasteiger partial charge in [-0.25, -0.2) is 22.7 Å². The van der Waals surface area contributed by atoms with Crippen LogP contribution in [0, 0.1) is 0 Å². The minimum atomic E-state index is -4.22. The number of para-hydroxylation sites is 1. The number of carbonyl (C=O) groups excluding carboxylic acids is 1. The number of benzene rings is 4. The highest BCUT2D eigenvalue weighted by Crippen LogP contribution is 2.40. The quantitative estimate of drug-likeness (QED) is 0.191. The summed E-state index contributed by atoms with van der Waals surface area (Å²) in [4.78, 5) is 25.4. The van der Waals surface area contributed by atoms with Gasteiger partial charge in [-0.15, -0.1) is 0 Å². The largest absolute Gasteiger partial charge is 0.497 e. The third-order valence-corrected chi connectivity index (χ3v) is 8.99. The van der Waals surface area contributed by atoms with E-state index in [0.29, 0.717) is 51.9 Å². The van der Waals surface area contributed by atoms with Gasteiger partial charge in [0.2, 0.25) is 0 Å². The highest BCUT2D eigenvalue weighted by atomic mass is 32.2. The maximum atomic E-state index is 13.1. The molecule has 0 saturated carbocycles. The summed E-state index contributed by atoms with van der Waals surface area (Å²) in [5.74, 6) is 1.66. The van der Waals surface area contributed by atoms with E-state index in [-0.39, 0.29) is 4.90 Å². The molecule has 0 bridgehead atoms. The fourth-order valence-corrected chi connectivity index (χ4v) is 6.19. The number of carbonyl (C=O) groups is 1. The Kier molecular flexibility index (Phi) is 8.55. The number of ether oxygens (including phenoxy) is 3. The van der Waals surface area contributed by atoms with Crippen molar-refractivity contribution in [1.82, 2.24) is 4.72 Å². The zero-order valence-electron chi connectivity index (χ0n) is 25.6. The van der Waals surface area contributed by atoms with Gasteiger partial charge in [0.1, 0.15) is 11.3 Å². The van der Waals surface area contributed by atoms with Crippen LogP contribution < -0.4 is 34.9 Å². The topological polar surface area (TPSA) is 149 Å². The van der Waals surface area contributed by atoms with E-state index in [1.54, 1.807) is 79.9 Å². The highest BCUT2D eigenvalue weighted by molar-refractivity contribution is 7.90. The second-order valence-electron chi connectivity index (χ2n) is 10.5. The van der Waals surface area contributed by atoms with E-state index in [9.17, 15) is 18.0 Å². The van der Waals surface area contributed by atoms with Crippen LogP contribution in [0.2, 0.25) is 0 Å². The minimum absolute atomic E-state index is 0.132. The van der Waals surface area contributed by atoms with Crippen LogP contribution in [0.5, 0.6) is 17.2 Å². The van der Waals surface area contributed by atoms with Crippen molar-refractivity contribution in [1.29, 1.82) is 0 Å². The minimum Gasteiger partial charge on any atom is -0.497 e. The number of hydrogen-bond acceptors (Lipinski definition) is 10. The standard InChI is InChI=1S/C34H30N4O8S/c1-43-25-13-9-23(10-14-25)35-34(40)37-47(41,42)26-15-11-24(12-16-26)38-29(21-8-17-31(44-2)32(19-21)45-3)20-28(36-38)27-18-22-6-4-5-7-30(22)46-33(27)39/h4-19,29H,20H2,1-3H3,(H2,35,37,40). The smallest absolute Gasteiger partial charge is 0.345 e. The molecule has 2 heterocycles. The molecule has 2 amide bonds. The van der Waals surface area contributed by atoms with Gasteiger partial charge in [0.15, 0.2) is 11.5 Å². The monoisotopic (exact) mass is 654 g/mol. The lowest BCUT2D eigenvalue weighted by Crippen LogP contribution is -2.34. The molecule has 2 N–H and O–H groups in total. The fourth-order valence-electron chi connectivity index (χ4n) is 5.28. The van der Waals surface area contributed by atoms with Crippen molar-refractivity contribution in [3.63, 3.8) is 0 Å². The third-order valence-electron chi connectivity index (χ3n) is 7.64. The number of anilines is 2. The maximum Gasteiger partial charge on any atom is 0.345 e. The molecule has 1 atom stereocenters. The van der Waals surface area contributed by atoms with Gasteiger partial charge in [0.05, 0.1) is 49.2 Å². The number of hydrogen-bond donors (Lipinski definition) is 2. The van der Waals surface area contributed by atoms with Gasteiger partial charge >= 0.3 is 11.7 Å². The Labute approximate surface area is 270 Å². The van der Waals surface area contributed by atoms with Crippen LogP contribution in [0.1, 0.15) is 23.6 Å². The van der Waals surface area contributed by atoms with Gasteiger partial charge in [0.25, 0.3) is 10.0 Å². The van der Waals surface area contributed by atoms with Crippen LogP contribution in [-0.2, 0) is 10.0 Å². The Hall–Kier alpha value is -5.82. The van der Waals surface area contributed by atoms with Gasteiger partial charge in [-0.1, -0.05) is 24.3 Å². The second kappa shape index (κ2) is 12.9. The Bertz CT molecular complexity index is 2150. The van der Waals surface area contributed by atoms with E-state index in [1.807, 2.05) is 29.0 Å². The molecule has 1 aliphatic rings. The number of nitrogens with one attached hydrogen (secondary N) is 2. The van der Waals surface area contributed by atoms with Crippen molar-refractivity contribution in [2.45, 2.75) is 17.4 Å². The summed E-state index contributed by atoms with van der Waals surface area (Å²) in [6.45, 7) is 0. The van der Waals surface area contributed by atoms with Crippen LogP contribution in [0.25, 0.3) is 11.0 Å². The van der Waals surface area contributed by atoms with Crippen LogP contribution in [-0.4, -0.2) is 41.5 Å². The second-order valence-corrected chi connectivity index (χ2v) is 12.2. The SMILES string of the molecule is COc1ccc(NC(=O)NS(=O)(=O)c2ccc(N3N=C(c4cc5ccccc5oc4=O)CC3c3ccc(OC)c(OC)c3)cc2)cc1. The Balaban J connectivity index is 1.30. The number of amides is 2. The number of sulfonamides is 1. The molecular weight excluding hydrogens is 624 g/mol. The maximum absolute atomic E-state index is 13.1. The first-order valence-corrected chi connectivity index (χ1v) is 15.9. The van der Waals surface area contributed by atoms with Gasteiger partial charge in [-0.05, 0) is 78.4 Å².